The fourth-order valence-corrected chi connectivity index (χ4v) is 14.2. The van der Waals surface area contributed by atoms with Gasteiger partial charge in [0.05, 0.1) is 59.9 Å². The number of unbranched alkanes of at least 4 members (excludes halogenated alkanes) is 2. The van der Waals surface area contributed by atoms with Gasteiger partial charge in [0.1, 0.15) is 24.7 Å². The molecule has 2 heterocycles. The van der Waals surface area contributed by atoms with E-state index >= 15 is 0 Å². The number of rotatable bonds is 21. The van der Waals surface area contributed by atoms with Gasteiger partial charge in [-0.05, 0) is 84.3 Å². The number of hydrogen-bond donors (Lipinski definition) is 2. The largest absolute Gasteiger partial charge is 0.491 e. The molecule has 2 aliphatic rings. The second-order valence-electron chi connectivity index (χ2n) is 17.1. The van der Waals surface area contributed by atoms with E-state index in [1.54, 1.807) is 36.4 Å². The number of hydrogen-bond acceptors (Lipinski definition) is 10. The molecule has 2 aliphatic heterocycles. The van der Waals surface area contributed by atoms with Crippen molar-refractivity contribution in [2.45, 2.75) is 113 Å². The van der Waals surface area contributed by atoms with E-state index in [2.05, 4.69) is 13.8 Å². The SMILES string of the molecule is CCCC[C@]1(CC)CS(=O)(=O)c2ccc(OCCOCCOCCOc3ccc4c(c3)[C@H](c3ccccc3)[C@H](O)[C@@](CC)(CCCC)CS4(=O)=O)cc2[C@@H](c2ccccc2)[C@H]1O. The van der Waals surface area contributed by atoms with Crippen LogP contribution in [0.5, 0.6) is 11.5 Å². The zero-order valence-electron chi connectivity index (χ0n) is 36.8. The molecule has 10 nitrogen and oxygen atoms in total. The molecule has 0 fully saturated rings. The van der Waals surface area contributed by atoms with Gasteiger partial charge in [-0.1, -0.05) is 114 Å². The summed E-state index contributed by atoms with van der Waals surface area (Å²) in [7, 11) is -7.41. The van der Waals surface area contributed by atoms with E-state index in [0.29, 0.717) is 61.5 Å². The highest BCUT2D eigenvalue weighted by Gasteiger charge is 2.50. The van der Waals surface area contributed by atoms with Gasteiger partial charge in [0.15, 0.2) is 19.7 Å². The summed E-state index contributed by atoms with van der Waals surface area (Å²) in [5, 5.41) is 24.2. The Morgan fingerprint density at radius 3 is 1.26 bits per heavy atom. The molecule has 338 valence electrons. The minimum Gasteiger partial charge on any atom is -0.491 e. The molecule has 0 spiro atoms. The van der Waals surface area contributed by atoms with E-state index in [-0.39, 0.29) is 47.7 Å². The standard InChI is InChI=1S/C50H66O10S2/c1-5-9-25-49(7-3)35-61(53,54)43-23-21-39(33-41(43)45(47(49)51)37-17-13-11-14-18-37)59-31-29-57-27-28-58-30-32-60-40-22-24-44-42(34-40)46(38-19-15-12-16-20-38)48(52)50(8-4,26-10-6-2)36-62(44,55)56/h11-24,33-34,45-48,51-52H,5-10,25-32,35-36H2,1-4H3/t45-,46+,47-,48+,49-,50+. The van der Waals surface area contributed by atoms with Crippen LogP contribution in [-0.4, -0.2) is 90.4 Å². The van der Waals surface area contributed by atoms with Crippen LogP contribution in [0.1, 0.15) is 113 Å². The van der Waals surface area contributed by atoms with Crippen molar-refractivity contribution in [3.8, 4) is 11.5 Å². The first-order valence-corrected chi connectivity index (χ1v) is 25.8. The lowest BCUT2D eigenvalue weighted by atomic mass is 9.69. The molecule has 0 radical (unpaired) electrons. The molecule has 0 amide bonds. The number of fused-ring (bicyclic) bond motifs is 2. The molecule has 0 aliphatic carbocycles. The lowest BCUT2D eigenvalue weighted by molar-refractivity contribution is 0.0171. The van der Waals surface area contributed by atoms with Gasteiger partial charge in [0.2, 0.25) is 0 Å². The molecule has 0 saturated carbocycles. The van der Waals surface area contributed by atoms with Crippen molar-refractivity contribution in [2.75, 3.05) is 51.1 Å². The van der Waals surface area contributed by atoms with E-state index in [9.17, 15) is 27.0 Å². The average Bonchev–Trinajstić information content (AvgIpc) is 3.39. The van der Waals surface area contributed by atoms with Crippen LogP contribution in [0.25, 0.3) is 0 Å². The van der Waals surface area contributed by atoms with E-state index in [1.807, 2.05) is 74.5 Å². The lowest BCUT2D eigenvalue weighted by Crippen LogP contribution is -2.42. The van der Waals surface area contributed by atoms with E-state index in [0.717, 1.165) is 36.8 Å². The van der Waals surface area contributed by atoms with Gasteiger partial charge in [0, 0.05) is 22.7 Å². The summed E-state index contributed by atoms with van der Waals surface area (Å²) in [5.41, 5.74) is 1.27. The summed E-state index contributed by atoms with van der Waals surface area (Å²) in [6.45, 7) is 9.76. The maximum Gasteiger partial charge on any atom is 0.179 e. The monoisotopic (exact) mass is 890 g/mol. The fraction of sp³-hybridized carbons (Fsp3) is 0.520. The molecule has 6 atom stereocenters. The van der Waals surface area contributed by atoms with Crippen LogP contribution < -0.4 is 9.47 Å². The summed E-state index contributed by atoms with van der Waals surface area (Å²) < 4.78 is 79.5. The Morgan fingerprint density at radius 1 is 0.532 bits per heavy atom. The molecule has 0 aromatic heterocycles. The Kier molecular flexibility index (Phi) is 16.4. The molecule has 62 heavy (non-hydrogen) atoms. The van der Waals surface area contributed by atoms with Crippen LogP contribution in [-0.2, 0) is 29.1 Å². The zero-order chi connectivity index (χ0) is 44.4. The summed E-state index contributed by atoms with van der Waals surface area (Å²) in [4.78, 5) is 0.487. The third kappa shape index (κ3) is 10.6. The van der Waals surface area contributed by atoms with Crippen molar-refractivity contribution in [2.24, 2.45) is 10.8 Å². The highest BCUT2D eigenvalue weighted by Crippen LogP contribution is 2.51. The number of ether oxygens (including phenoxy) is 4. The molecular formula is C50H66O10S2. The highest BCUT2D eigenvalue weighted by atomic mass is 32.2. The van der Waals surface area contributed by atoms with Crippen molar-refractivity contribution >= 4 is 19.7 Å². The van der Waals surface area contributed by atoms with Crippen molar-refractivity contribution in [3.63, 3.8) is 0 Å². The first-order chi connectivity index (χ1) is 29.8. The minimum absolute atomic E-state index is 0.101. The third-order valence-electron chi connectivity index (χ3n) is 13.3. The van der Waals surface area contributed by atoms with Crippen LogP contribution in [0.3, 0.4) is 0 Å². The Hall–Kier alpha value is -3.78. The van der Waals surface area contributed by atoms with Crippen LogP contribution in [0.15, 0.2) is 107 Å². The molecule has 0 unspecified atom stereocenters. The molecular weight excluding hydrogens is 825 g/mol. The molecule has 0 bridgehead atoms. The minimum atomic E-state index is -3.70. The van der Waals surface area contributed by atoms with Crippen molar-refractivity contribution < 1.29 is 46.0 Å². The molecule has 0 saturated heterocycles. The van der Waals surface area contributed by atoms with Gasteiger partial charge < -0.3 is 29.2 Å². The smallest absolute Gasteiger partial charge is 0.179 e. The first kappa shape index (κ1) is 47.7. The first-order valence-electron chi connectivity index (χ1n) is 22.5. The summed E-state index contributed by atoms with van der Waals surface area (Å²) in [5.74, 6) is -0.272. The van der Waals surface area contributed by atoms with E-state index in [1.165, 1.54) is 0 Å². The second-order valence-corrected chi connectivity index (χ2v) is 21.1. The number of benzene rings is 4. The Morgan fingerprint density at radius 2 is 0.903 bits per heavy atom. The number of aliphatic hydroxyl groups is 2. The molecule has 6 rings (SSSR count). The highest BCUT2D eigenvalue weighted by molar-refractivity contribution is 7.91. The number of aliphatic hydroxyl groups excluding tert-OH is 2. The van der Waals surface area contributed by atoms with Crippen LogP contribution >= 0.6 is 0 Å². The number of sulfone groups is 2. The maximum absolute atomic E-state index is 14.0. The molecule has 12 heteroatoms. The van der Waals surface area contributed by atoms with Gasteiger partial charge in [-0.25, -0.2) is 16.8 Å². The fourth-order valence-electron chi connectivity index (χ4n) is 9.69. The van der Waals surface area contributed by atoms with Crippen molar-refractivity contribution in [3.05, 3.63) is 119 Å². The van der Waals surface area contributed by atoms with Crippen LogP contribution in [0.4, 0.5) is 0 Å². The van der Waals surface area contributed by atoms with Crippen LogP contribution in [0, 0.1) is 10.8 Å². The lowest BCUT2D eigenvalue weighted by Gasteiger charge is -2.39. The Labute approximate surface area is 369 Å². The summed E-state index contributed by atoms with van der Waals surface area (Å²) in [6, 6.07) is 29.4. The molecule has 2 N–H and O–H groups in total. The van der Waals surface area contributed by atoms with E-state index in [4.69, 9.17) is 18.9 Å². The van der Waals surface area contributed by atoms with Gasteiger partial charge in [0.25, 0.3) is 0 Å². The topological polar surface area (TPSA) is 146 Å². The summed E-state index contributed by atoms with van der Waals surface area (Å²) in [6.07, 6.45) is 4.02. The van der Waals surface area contributed by atoms with E-state index < -0.39 is 54.5 Å². The van der Waals surface area contributed by atoms with Gasteiger partial charge >= 0.3 is 0 Å². The predicted molar refractivity (Wildman–Crippen MR) is 243 cm³/mol. The molecule has 4 aromatic rings. The second kappa shape index (κ2) is 21.3. The Bertz CT molecular complexity index is 2110. The Balaban J connectivity index is 1.03. The quantitative estimate of drug-likeness (QED) is 0.0778. The van der Waals surface area contributed by atoms with Crippen molar-refractivity contribution in [1.82, 2.24) is 0 Å². The predicted octanol–water partition coefficient (Wildman–Crippen LogP) is 8.91. The summed E-state index contributed by atoms with van der Waals surface area (Å²) >= 11 is 0. The van der Waals surface area contributed by atoms with Gasteiger partial charge in [-0.15, -0.1) is 0 Å². The third-order valence-corrected chi connectivity index (χ3v) is 17.3. The zero-order valence-corrected chi connectivity index (χ0v) is 38.5. The maximum atomic E-state index is 14.0. The average molecular weight is 891 g/mol. The normalized spacial score (nSPS) is 25.2. The van der Waals surface area contributed by atoms with Gasteiger partial charge in [-0.3, -0.25) is 0 Å². The molecule has 4 aromatic carbocycles. The van der Waals surface area contributed by atoms with Gasteiger partial charge in [-0.2, -0.15) is 0 Å². The van der Waals surface area contributed by atoms with Crippen molar-refractivity contribution in [1.29, 1.82) is 0 Å². The van der Waals surface area contributed by atoms with Crippen LogP contribution in [0.2, 0.25) is 0 Å².